The number of ether oxygens (including phenoxy) is 1. The second-order valence-electron chi connectivity index (χ2n) is 5.89. The minimum Gasteiger partial charge on any atom is -0.379 e. The molecule has 116 valence electrons. The molecule has 3 heterocycles. The van der Waals surface area contributed by atoms with Crippen molar-refractivity contribution in [2.75, 3.05) is 39.4 Å². The number of amides is 1. The fourth-order valence-corrected chi connectivity index (χ4v) is 3.25. The molecule has 2 aliphatic rings. The van der Waals surface area contributed by atoms with Crippen molar-refractivity contribution in [1.29, 1.82) is 0 Å². The van der Waals surface area contributed by atoms with Crippen molar-refractivity contribution in [3.63, 3.8) is 0 Å². The predicted molar refractivity (Wildman–Crippen MR) is 78.9 cm³/mol. The molecule has 3 rings (SSSR count). The summed E-state index contributed by atoms with van der Waals surface area (Å²) in [5, 5.41) is 4.32. The molecular formula is C15H24N4O2. The molecule has 0 radical (unpaired) electrons. The number of morpholine rings is 1. The summed E-state index contributed by atoms with van der Waals surface area (Å²) in [5.41, 5.74) is 0. The molecule has 0 saturated carbocycles. The van der Waals surface area contributed by atoms with E-state index in [2.05, 4.69) is 10.00 Å². The van der Waals surface area contributed by atoms with Gasteiger partial charge in [0.1, 0.15) is 0 Å². The Morgan fingerprint density at radius 1 is 1.33 bits per heavy atom. The fourth-order valence-electron chi connectivity index (χ4n) is 3.25. The van der Waals surface area contributed by atoms with Crippen LogP contribution in [0.3, 0.4) is 0 Å². The summed E-state index contributed by atoms with van der Waals surface area (Å²) in [6.07, 6.45) is 5.94. The molecular weight excluding hydrogens is 268 g/mol. The second kappa shape index (κ2) is 6.58. The van der Waals surface area contributed by atoms with Crippen molar-refractivity contribution in [1.82, 2.24) is 19.6 Å². The van der Waals surface area contributed by atoms with Gasteiger partial charge in [0.25, 0.3) is 0 Å². The first-order valence-electron chi connectivity index (χ1n) is 7.85. The lowest BCUT2D eigenvalue weighted by molar-refractivity contribution is -0.139. The highest BCUT2D eigenvalue weighted by molar-refractivity contribution is 5.81. The van der Waals surface area contributed by atoms with Crippen LogP contribution in [0.1, 0.15) is 25.8 Å². The molecule has 0 bridgehead atoms. The molecule has 0 aliphatic carbocycles. The van der Waals surface area contributed by atoms with E-state index in [4.69, 9.17) is 4.74 Å². The van der Waals surface area contributed by atoms with Gasteiger partial charge in [0.15, 0.2) is 0 Å². The maximum atomic E-state index is 12.7. The summed E-state index contributed by atoms with van der Waals surface area (Å²) in [7, 11) is 0. The molecule has 21 heavy (non-hydrogen) atoms. The van der Waals surface area contributed by atoms with E-state index in [1.54, 1.807) is 6.20 Å². The first-order valence-corrected chi connectivity index (χ1v) is 7.85. The van der Waals surface area contributed by atoms with Crippen molar-refractivity contribution in [3.8, 4) is 0 Å². The third-order valence-corrected chi connectivity index (χ3v) is 4.56. The molecule has 2 aliphatic heterocycles. The standard InChI is InChI=1S/C15H24N4O2/c1-13(17-8-10-21-11-9-17)15(20)18-6-2-4-14(12-18)19-7-3-5-16-19/h3,5,7,13-14H,2,4,6,8-12H2,1H3/t13-,14+/m1/s1. The normalized spacial score (nSPS) is 25.8. The SMILES string of the molecule is C[C@H](C(=O)N1CCC[C@H](n2cccn2)C1)N1CCOCC1. The third kappa shape index (κ3) is 3.27. The van der Waals surface area contributed by atoms with Gasteiger partial charge in [-0.15, -0.1) is 0 Å². The van der Waals surface area contributed by atoms with Gasteiger partial charge < -0.3 is 9.64 Å². The molecule has 6 heteroatoms. The molecule has 1 aromatic rings. The van der Waals surface area contributed by atoms with Crippen LogP contribution in [0.2, 0.25) is 0 Å². The number of nitrogens with zero attached hydrogens (tertiary/aromatic N) is 4. The van der Waals surface area contributed by atoms with E-state index in [1.807, 2.05) is 28.8 Å². The Labute approximate surface area is 125 Å². The summed E-state index contributed by atoms with van der Waals surface area (Å²) in [6, 6.07) is 2.21. The van der Waals surface area contributed by atoms with E-state index < -0.39 is 0 Å². The van der Waals surface area contributed by atoms with Gasteiger partial charge in [-0.2, -0.15) is 5.10 Å². The summed E-state index contributed by atoms with van der Waals surface area (Å²) < 4.78 is 7.35. The number of rotatable bonds is 3. The lowest BCUT2D eigenvalue weighted by Crippen LogP contribution is -2.53. The molecule has 0 spiro atoms. The van der Waals surface area contributed by atoms with Gasteiger partial charge in [0, 0.05) is 38.6 Å². The Kier molecular flexibility index (Phi) is 4.55. The van der Waals surface area contributed by atoms with E-state index in [-0.39, 0.29) is 11.9 Å². The predicted octanol–water partition coefficient (Wildman–Crippen LogP) is 0.767. The summed E-state index contributed by atoms with van der Waals surface area (Å²) in [6.45, 7) is 6.82. The maximum absolute atomic E-state index is 12.7. The summed E-state index contributed by atoms with van der Waals surface area (Å²) in [4.78, 5) is 17.0. The summed E-state index contributed by atoms with van der Waals surface area (Å²) >= 11 is 0. The lowest BCUT2D eigenvalue weighted by atomic mass is 10.0. The monoisotopic (exact) mass is 292 g/mol. The minimum atomic E-state index is -0.0507. The van der Waals surface area contributed by atoms with Gasteiger partial charge in [-0.3, -0.25) is 14.4 Å². The molecule has 0 unspecified atom stereocenters. The minimum absolute atomic E-state index is 0.0507. The van der Waals surface area contributed by atoms with Crippen molar-refractivity contribution < 1.29 is 9.53 Å². The highest BCUT2D eigenvalue weighted by atomic mass is 16.5. The van der Waals surface area contributed by atoms with Gasteiger partial charge in [0.05, 0.1) is 25.3 Å². The van der Waals surface area contributed by atoms with E-state index in [0.29, 0.717) is 6.04 Å². The van der Waals surface area contributed by atoms with E-state index in [0.717, 1.165) is 52.2 Å². The molecule has 1 aromatic heterocycles. The molecule has 2 atom stereocenters. The van der Waals surface area contributed by atoms with Gasteiger partial charge in [-0.25, -0.2) is 0 Å². The van der Waals surface area contributed by atoms with Crippen LogP contribution in [0.25, 0.3) is 0 Å². The zero-order valence-corrected chi connectivity index (χ0v) is 12.6. The van der Waals surface area contributed by atoms with Crippen LogP contribution in [0.5, 0.6) is 0 Å². The smallest absolute Gasteiger partial charge is 0.239 e. The topological polar surface area (TPSA) is 50.6 Å². The van der Waals surface area contributed by atoms with Crippen LogP contribution < -0.4 is 0 Å². The Balaban J connectivity index is 1.61. The van der Waals surface area contributed by atoms with Crippen LogP contribution >= 0.6 is 0 Å². The van der Waals surface area contributed by atoms with E-state index in [9.17, 15) is 4.79 Å². The van der Waals surface area contributed by atoms with Gasteiger partial charge in [-0.05, 0) is 25.8 Å². The molecule has 2 fully saturated rings. The second-order valence-corrected chi connectivity index (χ2v) is 5.89. The van der Waals surface area contributed by atoms with Crippen LogP contribution in [-0.2, 0) is 9.53 Å². The molecule has 0 N–H and O–H groups in total. The van der Waals surface area contributed by atoms with Crippen LogP contribution in [0, 0.1) is 0 Å². The first-order chi connectivity index (χ1) is 10.3. The van der Waals surface area contributed by atoms with Crippen molar-refractivity contribution >= 4 is 5.91 Å². The molecule has 0 aromatic carbocycles. The van der Waals surface area contributed by atoms with E-state index >= 15 is 0 Å². The highest BCUT2D eigenvalue weighted by Gasteiger charge is 2.31. The number of hydrogen-bond acceptors (Lipinski definition) is 4. The highest BCUT2D eigenvalue weighted by Crippen LogP contribution is 2.22. The van der Waals surface area contributed by atoms with Crippen LogP contribution in [0.4, 0.5) is 0 Å². The van der Waals surface area contributed by atoms with Crippen LogP contribution in [-0.4, -0.2) is 70.9 Å². The number of likely N-dealkylation sites (tertiary alicyclic amines) is 1. The number of carbonyl (C=O) groups excluding carboxylic acids is 1. The van der Waals surface area contributed by atoms with Crippen molar-refractivity contribution in [3.05, 3.63) is 18.5 Å². The average Bonchev–Trinajstić information content (AvgIpc) is 3.09. The molecule has 6 nitrogen and oxygen atoms in total. The number of hydrogen-bond donors (Lipinski definition) is 0. The van der Waals surface area contributed by atoms with Gasteiger partial charge >= 0.3 is 0 Å². The number of aromatic nitrogens is 2. The quantitative estimate of drug-likeness (QED) is 0.825. The molecule has 2 saturated heterocycles. The summed E-state index contributed by atoms with van der Waals surface area (Å²) in [5.74, 6) is 0.244. The van der Waals surface area contributed by atoms with Gasteiger partial charge in [-0.1, -0.05) is 0 Å². The third-order valence-electron chi connectivity index (χ3n) is 4.56. The Morgan fingerprint density at radius 3 is 2.86 bits per heavy atom. The van der Waals surface area contributed by atoms with Crippen molar-refractivity contribution in [2.24, 2.45) is 0 Å². The Hall–Kier alpha value is -1.40. The largest absolute Gasteiger partial charge is 0.379 e. The van der Waals surface area contributed by atoms with E-state index in [1.165, 1.54) is 0 Å². The number of piperidine rings is 1. The molecule has 1 amide bonds. The van der Waals surface area contributed by atoms with Crippen LogP contribution in [0.15, 0.2) is 18.5 Å². The Morgan fingerprint density at radius 2 is 2.14 bits per heavy atom. The fraction of sp³-hybridized carbons (Fsp3) is 0.733. The van der Waals surface area contributed by atoms with Crippen molar-refractivity contribution in [2.45, 2.75) is 31.8 Å². The zero-order chi connectivity index (χ0) is 14.7. The first kappa shape index (κ1) is 14.5. The number of carbonyl (C=O) groups is 1. The maximum Gasteiger partial charge on any atom is 0.239 e. The van der Waals surface area contributed by atoms with Gasteiger partial charge in [0.2, 0.25) is 5.91 Å². The zero-order valence-electron chi connectivity index (χ0n) is 12.6. The lowest BCUT2D eigenvalue weighted by Gasteiger charge is -2.38. The average molecular weight is 292 g/mol. The Bertz CT molecular complexity index is 456.